The number of piperidine rings is 1. The van der Waals surface area contributed by atoms with Gasteiger partial charge in [-0.05, 0) is 37.5 Å². The van der Waals surface area contributed by atoms with Crippen molar-refractivity contribution >= 4 is 12.0 Å². The fraction of sp³-hybridized carbons (Fsp3) is 0.619. The molecule has 2 heterocycles. The third-order valence-electron chi connectivity index (χ3n) is 5.69. The van der Waals surface area contributed by atoms with Crippen molar-refractivity contribution < 1.29 is 19.1 Å². The van der Waals surface area contributed by atoms with Crippen LogP contribution in [0.2, 0.25) is 0 Å². The summed E-state index contributed by atoms with van der Waals surface area (Å²) in [5.74, 6) is 0.987. The van der Waals surface area contributed by atoms with Crippen LogP contribution in [0.3, 0.4) is 0 Å². The molecule has 0 spiro atoms. The second kappa shape index (κ2) is 9.78. The molecule has 2 aliphatic heterocycles. The van der Waals surface area contributed by atoms with Crippen LogP contribution in [0.1, 0.15) is 25.3 Å². The SMILES string of the molecule is CCOC(=O)N1CCC(N2CCN(C(=O)Cc3ccc(OC)cc3)CC2)CC1. The number of amides is 2. The zero-order valence-corrected chi connectivity index (χ0v) is 16.9. The van der Waals surface area contributed by atoms with E-state index in [-0.39, 0.29) is 12.0 Å². The molecule has 2 aliphatic rings. The molecule has 0 unspecified atom stereocenters. The molecule has 1 aromatic carbocycles. The van der Waals surface area contributed by atoms with Gasteiger partial charge < -0.3 is 19.3 Å². The van der Waals surface area contributed by atoms with Crippen molar-refractivity contribution in [2.24, 2.45) is 0 Å². The van der Waals surface area contributed by atoms with Gasteiger partial charge in [0.1, 0.15) is 5.75 Å². The van der Waals surface area contributed by atoms with Gasteiger partial charge in [0.25, 0.3) is 0 Å². The van der Waals surface area contributed by atoms with Crippen LogP contribution >= 0.6 is 0 Å². The van der Waals surface area contributed by atoms with Gasteiger partial charge >= 0.3 is 6.09 Å². The number of carbonyl (C=O) groups excluding carboxylic acids is 2. The third-order valence-corrected chi connectivity index (χ3v) is 5.69. The van der Waals surface area contributed by atoms with E-state index in [9.17, 15) is 9.59 Å². The highest BCUT2D eigenvalue weighted by Gasteiger charge is 2.30. The summed E-state index contributed by atoms with van der Waals surface area (Å²) in [5.41, 5.74) is 1.01. The predicted molar refractivity (Wildman–Crippen MR) is 106 cm³/mol. The van der Waals surface area contributed by atoms with Crippen molar-refractivity contribution in [3.63, 3.8) is 0 Å². The highest BCUT2D eigenvalue weighted by atomic mass is 16.6. The highest BCUT2D eigenvalue weighted by molar-refractivity contribution is 5.79. The number of rotatable bonds is 5. The second-order valence-corrected chi connectivity index (χ2v) is 7.36. The first kappa shape index (κ1) is 20.5. The number of piperazine rings is 1. The summed E-state index contributed by atoms with van der Waals surface area (Å²) in [6.07, 6.45) is 2.17. The lowest BCUT2D eigenvalue weighted by atomic mass is 10.0. The number of methoxy groups -OCH3 is 1. The number of hydrogen-bond donors (Lipinski definition) is 0. The van der Waals surface area contributed by atoms with E-state index in [1.54, 1.807) is 12.0 Å². The Hall–Kier alpha value is -2.28. The van der Waals surface area contributed by atoms with Gasteiger partial charge in [-0.15, -0.1) is 0 Å². The minimum Gasteiger partial charge on any atom is -0.497 e. The number of nitrogens with zero attached hydrogens (tertiary/aromatic N) is 3. The average Bonchev–Trinajstić information content (AvgIpc) is 2.74. The van der Waals surface area contributed by atoms with E-state index in [1.165, 1.54) is 0 Å². The van der Waals surface area contributed by atoms with Gasteiger partial charge in [-0.1, -0.05) is 12.1 Å². The smallest absolute Gasteiger partial charge is 0.409 e. The Morgan fingerprint density at radius 1 is 0.964 bits per heavy atom. The van der Waals surface area contributed by atoms with E-state index in [2.05, 4.69) is 4.90 Å². The van der Waals surface area contributed by atoms with Crippen LogP contribution in [0, 0.1) is 0 Å². The summed E-state index contributed by atoms with van der Waals surface area (Å²) < 4.78 is 10.2. The second-order valence-electron chi connectivity index (χ2n) is 7.36. The minimum absolute atomic E-state index is 0.182. The fourth-order valence-electron chi connectivity index (χ4n) is 3.99. The molecule has 0 aromatic heterocycles. The van der Waals surface area contributed by atoms with Crippen molar-refractivity contribution in [2.75, 3.05) is 53.0 Å². The topological polar surface area (TPSA) is 62.3 Å². The molecule has 154 valence electrons. The number of likely N-dealkylation sites (tertiary alicyclic amines) is 1. The lowest BCUT2D eigenvalue weighted by Crippen LogP contribution is -2.55. The molecule has 2 saturated heterocycles. The van der Waals surface area contributed by atoms with E-state index >= 15 is 0 Å². The Bertz CT molecular complexity index is 648. The van der Waals surface area contributed by atoms with Gasteiger partial charge in [0, 0.05) is 45.3 Å². The molecule has 0 bridgehead atoms. The zero-order chi connectivity index (χ0) is 19.9. The molecule has 7 nitrogen and oxygen atoms in total. The van der Waals surface area contributed by atoms with Gasteiger partial charge in [-0.3, -0.25) is 9.69 Å². The minimum atomic E-state index is -0.199. The molecule has 7 heteroatoms. The van der Waals surface area contributed by atoms with Crippen LogP contribution in [0.4, 0.5) is 4.79 Å². The van der Waals surface area contributed by atoms with Crippen molar-refractivity contribution in [3.05, 3.63) is 29.8 Å². The molecule has 2 amide bonds. The summed E-state index contributed by atoms with van der Waals surface area (Å²) in [4.78, 5) is 30.7. The van der Waals surface area contributed by atoms with E-state index in [1.807, 2.05) is 36.1 Å². The standard InChI is InChI=1S/C21H31N3O4/c1-3-28-21(26)24-10-8-18(9-11-24)22-12-14-23(15-13-22)20(25)16-17-4-6-19(27-2)7-5-17/h4-7,18H,3,8-16H2,1-2H3. The quantitative estimate of drug-likeness (QED) is 0.771. The molecule has 3 rings (SSSR count). The molecule has 0 atom stereocenters. The van der Waals surface area contributed by atoms with Gasteiger partial charge in [-0.2, -0.15) is 0 Å². The largest absolute Gasteiger partial charge is 0.497 e. The van der Waals surface area contributed by atoms with Crippen LogP contribution in [0.25, 0.3) is 0 Å². The third kappa shape index (κ3) is 5.16. The summed E-state index contributed by atoms with van der Waals surface area (Å²) in [5, 5.41) is 0. The van der Waals surface area contributed by atoms with Gasteiger partial charge in [0.15, 0.2) is 0 Å². The number of ether oxygens (including phenoxy) is 2. The Morgan fingerprint density at radius 3 is 2.18 bits per heavy atom. The van der Waals surface area contributed by atoms with Gasteiger partial charge in [-0.25, -0.2) is 4.79 Å². The van der Waals surface area contributed by atoms with Gasteiger partial charge in [0.05, 0.1) is 20.1 Å². The molecular weight excluding hydrogens is 358 g/mol. The van der Waals surface area contributed by atoms with Crippen LogP contribution in [0.15, 0.2) is 24.3 Å². The maximum atomic E-state index is 12.6. The van der Waals surface area contributed by atoms with Crippen LogP contribution < -0.4 is 4.74 Å². The average molecular weight is 389 g/mol. The highest BCUT2D eigenvalue weighted by Crippen LogP contribution is 2.19. The molecule has 28 heavy (non-hydrogen) atoms. The van der Waals surface area contributed by atoms with Crippen LogP contribution in [-0.2, 0) is 16.0 Å². The van der Waals surface area contributed by atoms with E-state index in [0.29, 0.717) is 19.1 Å². The van der Waals surface area contributed by atoms with Crippen molar-refractivity contribution in [1.29, 1.82) is 0 Å². The molecule has 0 saturated carbocycles. The number of benzene rings is 1. The van der Waals surface area contributed by atoms with Crippen molar-refractivity contribution in [1.82, 2.24) is 14.7 Å². The first-order valence-corrected chi connectivity index (χ1v) is 10.2. The summed E-state index contributed by atoms with van der Waals surface area (Å²) in [6.45, 7) is 7.10. The summed E-state index contributed by atoms with van der Waals surface area (Å²) >= 11 is 0. The lowest BCUT2D eigenvalue weighted by molar-refractivity contribution is -0.132. The Labute approximate surface area is 167 Å². The van der Waals surface area contributed by atoms with Crippen LogP contribution in [-0.4, -0.2) is 85.7 Å². The Morgan fingerprint density at radius 2 is 1.61 bits per heavy atom. The predicted octanol–water partition coefficient (Wildman–Crippen LogP) is 2.00. The summed E-state index contributed by atoms with van der Waals surface area (Å²) in [6, 6.07) is 8.17. The van der Waals surface area contributed by atoms with Crippen molar-refractivity contribution in [3.8, 4) is 5.75 Å². The summed E-state index contributed by atoms with van der Waals surface area (Å²) in [7, 11) is 1.64. The van der Waals surface area contributed by atoms with Gasteiger partial charge in [0.2, 0.25) is 5.91 Å². The number of carbonyl (C=O) groups is 2. The first-order chi connectivity index (χ1) is 13.6. The molecule has 1 aromatic rings. The molecule has 2 fully saturated rings. The maximum Gasteiger partial charge on any atom is 0.409 e. The molecule has 0 radical (unpaired) electrons. The van der Waals surface area contributed by atoms with Crippen LogP contribution in [0.5, 0.6) is 5.75 Å². The monoisotopic (exact) mass is 389 g/mol. The Kier molecular flexibility index (Phi) is 7.14. The first-order valence-electron chi connectivity index (χ1n) is 10.2. The maximum absolute atomic E-state index is 12.6. The fourth-order valence-corrected chi connectivity index (χ4v) is 3.99. The number of hydrogen-bond acceptors (Lipinski definition) is 5. The molecular formula is C21H31N3O4. The molecule has 0 aliphatic carbocycles. The normalized spacial score (nSPS) is 18.8. The van der Waals surface area contributed by atoms with E-state index in [4.69, 9.17) is 9.47 Å². The lowest BCUT2D eigenvalue weighted by Gasteiger charge is -2.42. The van der Waals surface area contributed by atoms with E-state index < -0.39 is 0 Å². The zero-order valence-electron chi connectivity index (χ0n) is 16.9. The molecule has 0 N–H and O–H groups in total. The van der Waals surface area contributed by atoms with E-state index in [0.717, 1.165) is 63.4 Å². The Balaban J connectivity index is 1.41. The van der Waals surface area contributed by atoms with Crippen molar-refractivity contribution in [2.45, 2.75) is 32.2 Å².